The van der Waals surface area contributed by atoms with Crippen LogP contribution in [0.4, 0.5) is 0 Å². The second kappa shape index (κ2) is 6.12. The van der Waals surface area contributed by atoms with Gasteiger partial charge in [-0.2, -0.15) is 0 Å². The first-order chi connectivity index (χ1) is 4.81. The van der Waals surface area contributed by atoms with Crippen molar-refractivity contribution in [2.45, 2.75) is 6.42 Å². The van der Waals surface area contributed by atoms with E-state index < -0.39 is 0 Å². The number of carbonyl (C=O) groups is 1. The zero-order valence-electron chi connectivity index (χ0n) is 5.92. The Labute approximate surface area is 60.3 Å². The van der Waals surface area contributed by atoms with Gasteiger partial charge in [-0.05, 0) is 0 Å². The van der Waals surface area contributed by atoms with Crippen molar-refractivity contribution in [1.29, 1.82) is 0 Å². The molecule has 0 aromatic rings. The second-order valence-electron chi connectivity index (χ2n) is 1.61. The molecular formula is C7H10O3. The Morgan fingerprint density at radius 3 is 2.90 bits per heavy atom. The molecule has 0 saturated heterocycles. The Balaban J connectivity index is 3.19. The van der Waals surface area contributed by atoms with Crippen LogP contribution in [0.5, 0.6) is 0 Å². The molecule has 0 aromatic carbocycles. The van der Waals surface area contributed by atoms with Crippen LogP contribution in [-0.4, -0.2) is 26.3 Å². The molecule has 0 heterocycles. The minimum Gasteiger partial charge on any atom is -0.452 e. The summed E-state index contributed by atoms with van der Waals surface area (Å²) in [4.78, 5) is 10.6. The molecule has 3 nitrogen and oxygen atoms in total. The van der Waals surface area contributed by atoms with E-state index in [1.54, 1.807) is 0 Å². The number of ether oxygens (including phenoxy) is 2. The van der Waals surface area contributed by atoms with Crippen molar-refractivity contribution in [3.63, 3.8) is 0 Å². The van der Waals surface area contributed by atoms with Gasteiger partial charge >= 0.3 is 5.97 Å². The van der Waals surface area contributed by atoms with Crippen molar-refractivity contribution < 1.29 is 14.3 Å². The highest BCUT2D eigenvalue weighted by Gasteiger charge is 1.98. The number of carbonyl (C=O) groups excluding carboxylic acids is 1. The second-order valence-corrected chi connectivity index (χ2v) is 1.61. The van der Waals surface area contributed by atoms with E-state index in [1.807, 2.05) is 0 Å². The molecule has 0 bridgehead atoms. The minimum atomic E-state index is -0.320. The largest absolute Gasteiger partial charge is 0.452 e. The van der Waals surface area contributed by atoms with Crippen LogP contribution in [0.15, 0.2) is 0 Å². The standard InChI is InChI=1S/C7H10O3/c1-3-5-10-7(8)4-6-9-2/h1H,4-6H2,2H3. The van der Waals surface area contributed by atoms with Gasteiger partial charge in [0.25, 0.3) is 0 Å². The first kappa shape index (κ1) is 8.99. The quantitative estimate of drug-likeness (QED) is 0.415. The number of hydrogen-bond acceptors (Lipinski definition) is 3. The number of terminal acetylenes is 1. The molecule has 0 aliphatic rings. The predicted octanol–water partition coefficient (Wildman–Crippen LogP) is 0.199. The van der Waals surface area contributed by atoms with E-state index in [0.29, 0.717) is 6.61 Å². The zero-order chi connectivity index (χ0) is 7.82. The predicted molar refractivity (Wildman–Crippen MR) is 36.3 cm³/mol. The molecular weight excluding hydrogens is 132 g/mol. The Hall–Kier alpha value is -1.01. The lowest BCUT2D eigenvalue weighted by atomic mass is 10.5. The normalized spacial score (nSPS) is 8.40. The summed E-state index contributed by atoms with van der Waals surface area (Å²) in [5.41, 5.74) is 0. The molecule has 0 saturated carbocycles. The molecule has 0 amide bonds. The van der Waals surface area contributed by atoms with Crippen molar-refractivity contribution in [2.24, 2.45) is 0 Å². The van der Waals surface area contributed by atoms with Gasteiger partial charge < -0.3 is 9.47 Å². The average Bonchev–Trinajstić information content (AvgIpc) is 1.97. The number of rotatable bonds is 4. The summed E-state index contributed by atoms with van der Waals surface area (Å²) in [5.74, 6) is 1.87. The van der Waals surface area contributed by atoms with Crippen molar-refractivity contribution in [3.8, 4) is 12.3 Å². The van der Waals surface area contributed by atoms with E-state index in [1.165, 1.54) is 7.11 Å². The maximum absolute atomic E-state index is 10.6. The summed E-state index contributed by atoms with van der Waals surface area (Å²) in [7, 11) is 1.52. The van der Waals surface area contributed by atoms with Crippen molar-refractivity contribution >= 4 is 5.97 Å². The fourth-order valence-corrected chi connectivity index (χ4v) is 0.380. The van der Waals surface area contributed by atoms with E-state index in [9.17, 15) is 4.79 Å². The summed E-state index contributed by atoms with van der Waals surface area (Å²) in [6.45, 7) is 0.423. The zero-order valence-corrected chi connectivity index (χ0v) is 5.92. The van der Waals surface area contributed by atoms with Crippen LogP contribution in [0.3, 0.4) is 0 Å². The van der Waals surface area contributed by atoms with Gasteiger partial charge in [0, 0.05) is 7.11 Å². The highest BCUT2D eigenvalue weighted by molar-refractivity contribution is 5.69. The van der Waals surface area contributed by atoms with Gasteiger partial charge in [0.2, 0.25) is 0 Å². The third kappa shape index (κ3) is 5.13. The van der Waals surface area contributed by atoms with Crippen LogP contribution in [0.1, 0.15) is 6.42 Å². The van der Waals surface area contributed by atoms with Gasteiger partial charge in [-0.25, -0.2) is 0 Å². The summed E-state index contributed by atoms with van der Waals surface area (Å²) < 4.78 is 9.18. The van der Waals surface area contributed by atoms with Gasteiger partial charge in [-0.1, -0.05) is 5.92 Å². The van der Waals surface area contributed by atoms with E-state index in [-0.39, 0.29) is 19.0 Å². The fraction of sp³-hybridized carbons (Fsp3) is 0.571. The third-order valence-corrected chi connectivity index (χ3v) is 0.827. The maximum atomic E-state index is 10.6. The number of hydrogen-bond donors (Lipinski definition) is 0. The van der Waals surface area contributed by atoms with Crippen molar-refractivity contribution in [2.75, 3.05) is 20.3 Å². The Bertz CT molecular complexity index is 134. The lowest BCUT2D eigenvalue weighted by Crippen LogP contribution is -2.07. The van der Waals surface area contributed by atoms with E-state index in [2.05, 4.69) is 15.4 Å². The summed E-state index contributed by atoms with van der Waals surface area (Å²) >= 11 is 0. The van der Waals surface area contributed by atoms with Crippen LogP contribution in [0, 0.1) is 12.3 Å². The first-order valence-electron chi connectivity index (χ1n) is 2.89. The third-order valence-electron chi connectivity index (χ3n) is 0.827. The molecule has 0 fully saturated rings. The van der Waals surface area contributed by atoms with E-state index >= 15 is 0 Å². The summed E-state index contributed by atoms with van der Waals surface area (Å²) in [6.07, 6.45) is 5.11. The van der Waals surface area contributed by atoms with Crippen molar-refractivity contribution in [1.82, 2.24) is 0 Å². The Morgan fingerprint density at radius 2 is 2.40 bits per heavy atom. The van der Waals surface area contributed by atoms with Crippen LogP contribution in [0.2, 0.25) is 0 Å². The molecule has 0 aliphatic carbocycles. The van der Waals surface area contributed by atoms with Crippen LogP contribution >= 0.6 is 0 Å². The van der Waals surface area contributed by atoms with E-state index in [0.717, 1.165) is 0 Å². The molecule has 3 heteroatoms. The summed E-state index contributed by atoms with van der Waals surface area (Å²) in [5, 5.41) is 0. The molecule has 0 spiro atoms. The number of methoxy groups -OCH3 is 1. The molecule has 0 aliphatic heterocycles. The lowest BCUT2D eigenvalue weighted by Gasteiger charge is -1.98. The molecule has 0 radical (unpaired) electrons. The van der Waals surface area contributed by atoms with Gasteiger partial charge in [-0.3, -0.25) is 4.79 Å². The maximum Gasteiger partial charge on any atom is 0.309 e. The first-order valence-corrected chi connectivity index (χ1v) is 2.89. The highest BCUT2D eigenvalue weighted by Crippen LogP contribution is 1.85. The molecule has 10 heavy (non-hydrogen) atoms. The Morgan fingerprint density at radius 1 is 1.70 bits per heavy atom. The molecule has 0 unspecified atom stereocenters. The topological polar surface area (TPSA) is 35.5 Å². The molecule has 0 N–H and O–H groups in total. The van der Waals surface area contributed by atoms with Crippen LogP contribution in [0.25, 0.3) is 0 Å². The van der Waals surface area contributed by atoms with Gasteiger partial charge in [0.15, 0.2) is 6.61 Å². The minimum absolute atomic E-state index is 0.0442. The van der Waals surface area contributed by atoms with Crippen molar-refractivity contribution in [3.05, 3.63) is 0 Å². The molecule has 0 aromatic heterocycles. The van der Waals surface area contributed by atoms with Gasteiger partial charge in [-0.15, -0.1) is 6.42 Å². The van der Waals surface area contributed by atoms with Crippen LogP contribution in [-0.2, 0) is 14.3 Å². The SMILES string of the molecule is C#CCOC(=O)CCOC. The monoisotopic (exact) mass is 142 g/mol. The van der Waals surface area contributed by atoms with E-state index in [4.69, 9.17) is 6.42 Å². The Kier molecular flexibility index (Phi) is 5.50. The summed E-state index contributed by atoms with van der Waals surface area (Å²) in [6, 6.07) is 0. The van der Waals surface area contributed by atoms with Gasteiger partial charge in [0.05, 0.1) is 13.0 Å². The number of esters is 1. The molecule has 0 atom stereocenters. The average molecular weight is 142 g/mol. The fourth-order valence-electron chi connectivity index (χ4n) is 0.380. The molecule has 56 valence electrons. The van der Waals surface area contributed by atoms with Crippen LogP contribution < -0.4 is 0 Å². The molecule has 0 rings (SSSR count). The smallest absolute Gasteiger partial charge is 0.309 e. The highest BCUT2D eigenvalue weighted by atomic mass is 16.5. The van der Waals surface area contributed by atoms with Gasteiger partial charge in [0.1, 0.15) is 0 Å². The lowest BCUT2D eigenvalue weighted by molar-refractivity contribution is -0.143.